The molecule has 12 heavy (non-hydrogen) atoms. The van der Waals surface area contributed by atoms with Crippen LogP contribution in [0.25, 0.3) is 0 Å². The summed E-state index contributed by atoms with van der Waals surface area (Å²) in [6.07, 6.45) is 5.42. The fraction of sp³-hybridized carbons (Fsp3) is 1.00. The summed E-state index contributed by atoms with van der Waals surface area (Å²) in [5.74, 6) is 2.83. The first-order valence-corrected chi connectivity index (χ1v) is 5.71. The van der Waals surface area contributed by atoms with Crippen LogP contribution >= 0.6 is 0 Å². The van der Waals surface area contributed by atoms with Crippen molar-refractivity contribution < 1.29 is 0 Å². The van der Waals surface area contributed by atoms with E-state index in [-0.39, 0.29) is 0 Å². The van der Waals surface area contributed by atoms with Crippen molar-refractivity contribution >= 4 is 7.85 Å². The molecule has 0 amide bonds. The molecule has 0 atom stereocenters. The van der Waals surface area contributed by atoms with E-state index in [9.17, 15) is 0 Å². The van der Waals surface area contributed by atoms with E-state index in [0.717, 1.165) is 17.7 Å². The minimum Gasteiger partial charge on any atom is -0.0651 e. The van der Waals surface area contributed by atoms with Gasteiger partial charge in [0.05, 0.1) is 0 Å². The standard InChI is InChI=1S/C11H25B/c1-5-9(6-2)11(12)10(7-3)8-4/h9-11H,5-8,12H2,1-4H3. The lowest BCUT2D eigenvalue weighted by Crippen LogP contribution is -2.16. The van der Waals surface area contributed by atoms with Crippen LogP contribution in [0.5, 0.6) is 0 Å². The molecule has 1 heteroatoms. The molecule has 0 saturated heterocycles. The third-order valence-corrected chi connectivity index (χ3v) is 3.58. The zero-order chi connectivity index (χ0) is 9.56. The zero-order valence-electron chi connectivity index (χ0n) is 9.56. The SMILES string of the molecule is BC(C(CC)CC)C(CC)CC. The van der Waals surface area contributed by atoms with Gasteiger partial charge in [-0.15, -0.1) is 0 Å². The molecular weight excluding hydrogens is 143 g/mol. The van der Waals surface area contributed by atoms with Gasteiger partial charge in [0.1, 0.15) is 7.85 Å². The lowest BCUT2D eigenvalue weighted by molar-refractivity contribution is 0.339. The van der Waals surface area contributed by atoms with Crippen molar-refractivity contribution in [1.82, 2.24) is 0 Å². The first-order chi connectivity index (χ1) is 5.71. The second-order valence-corrected chi connectivity index (χ2v) is 4.01. The summed E-state index contributed by atoms with van der Waals surface area (Å²) in [5, 5.41) is 0. The van der Waals surface area contributed by atoms with Gasteiger partial charge in [-0.05, 0) is 11.8 Å². The van der Waals surface area contributed by atoms with Crippen LogP contribution in [-0.2, 0) is 0 Å². The van der Waals surface area contributed by atoms with E-state index >= 15 is 0 Å². The Balaban J connectivity index is 4.02. The summed E-state index contributed by atoms with van der Waals surface area (Å²) in [6, 6.07) is 0. The first kappa shape index (κ1) is 12.1. The topological polar surface area (TPSA) is 0 Å². The van der Waals surface area contributed by atoms with Gasteiger partial charge in [0, 0.05) is 0 Å². The minimum atomic E-state index is 0.926. The second kappa shape index (κ2) is 6.57. The van der Waals surface area contributed by atoms with Gasteiger partial charge < -0.3 is 0 Å². The third kappa shape index (κ3) is 3.20. The Bertz CT molecular complexity index is 81.2. The number of hydrogen-bond acceptors (Lipinski definition) is 0. The fourth-order valence-corrected chi connectivity index (χ4v) is 2.45. The Labute approximate surface area is 79.5 Å². The first-order valence-electron chi connectivity index (χ1n) is 5.71. The molecule has 0 N–H and O–H groups in total. The van der Waals surface area contributed by atoms with Crippen LogP contribution in [-0.4, -0.2) is 7.85 Å². The van der Waals surface area contributed by atoms with Crippen molar-refractivity contribution in [3.8, 4) is 0 Å². The molecule has 0 spiro atoms. The summed E-state index contributed by atoms with van der Waals surface area (Å²) in [6.45, 7) is 9.31. The molecule has 0 heterocycles. The lowest BCUT2D eigenvalue weighted by Gasteiger charge is -2.28. The van der Waals surface area contributed by atoms with Crippen molar-refractivity contribution in [2.75, 3.05) is 0 Å². The van der Waals surface area contributed by atoms with E-state index in [0.29, 0.717) is 0 Å². The van der Waals surface area contributed by atoms with Gasteiger partial charge in [0.25, 0.3) is 0 Å². The maximum atomic E-state index is 2.44. The van der Waals surface area contributed by atoms with Crippen LogP contribution in [0.4, 0.5) is 0 Å². The Morgan fingerprint density at radius 1 is 0.750 bits per heavy atom. The van der Waals surface area contributed by atoms with Gasteiger partial charge >= 0.3 is 0 Å². The van der Waals surface area contributed by atoms with Crippen LogP contribution in [0.1, 0.15) is 53.4 Å². The van der Waals surface area contributed by atoms with Crippen molar-refractivity contribution in [2.24, 2.45) is 11.8 Å². The van der Waals surface area contributed by atoms with Crippen LogP contribution in [0.15, 0.2) is 0 Å². The summed E-state index contributed by atoms with van der Waals surface area (Å²) in [7, 11) is 2.44. The predicted molar refractivity (Wildman–Crippen MR) is 60.4 cm³/mol. The molecule has 0 radical (unpaired) electrons. The van der Waals surface area contributed by atoms with E-state index in [1.54, 1.807) is 0 Å². The fourth-order valence-electron chi connectivity index (χ4n) is 2.45. The monoisotopic (exact) mass is 168 g/mol. The molecular formula is C11H25B. The Hall–Kier alpha value is 0.0649. The average Bonchev–Trinajstić information content (AvgIpc) is 2.09. The van der Waals surface area contributed by atoms with E-state index in [4.69, 9.17) is 0 Å². The van der Waals surface area contributed by atoms with Crippen LogP contribution in [0.2, 0.25) is 5.82 Å². The van der Waals surface area contributed by atoms with Gasteiger partial charge in [0.15, 0.2) is 0 Å². The van der Waals surface area contributed by atoms with E-state index in [2.05, 4.69) is 35.5 Å². The van der Waals surface area contributed by atoms with Crippen LogP contribution in [0.3, 0.4) is 0 Å². The molecule has 0 unspecified atom stereocenters. The maximum absolute atomic E-state index is 2.44. The molecule has 0 aromatic rings. The largest absolute Gasteiger partial charge is 0.106 e. The summed E-state index contributed by atoms with van der Waals surface area (Å²) < 4.78 is 0. The number of hydrogen-bond donors (Lipinski definition) is 0. The van der Waals surface area contributed by atoms with Crippen molar-refractivity contribution in [1.29, 1.82) is 0 Å². The molecule has 0 aliphatic rings. The van der Waals surface area contributed by atoms with E-state index in [1.165, 1.54) is 25.7 Å². The average molecular weight is 168 g/mol. The van der Waals surface area contributed by atoms with Gasteiger partial charge in [-0.25, -0.2) is 0 Å². The highest BCUT2D eigenvalue weighted by molar-refractivity contribution is 6.12. The molecule has 0 nitrogen and oxygen atoms in total. The molecule has 0 bridgehead atoms. The minimum absolute atomic E-state index is 0.926. The Morgan fingerprint density at radius 2 is 1.00 bits per heavy atom. The summed E-state index contributed by atoms with van der Waals surface area (Å²) >= 11 is 0. The molecule has 0 aromatic heterocycles. The zero-order valence-corrected chi connectivity index (χ0v) is 9.56. The van der Waals surface area contributed by atoms with Gasteiger partial charge in [-0.1, -0.05) is 59.2 Å². The van der Waals surface area contributed by atoms with Gasteiger partial charge in [-0.2, -0.15) is 0 Å². The molecule has 0 aliphatic heterocycles. The smallest absolute Gasteiger partial charge is 0.0651 e. The molecule has 72 valence electrons. The van der Waals surface area contributed by atoms with Crippen LogP contribution in [0, 0.1) is 11.8 Å². The Kier molecular flexibility index (Phi) is 6.60. The highest BCUT2D eigenvalue weighted by Gasteiger charge is 2.20. The highest BCUT2D eigenvalue weighted by atomic mass is 14.2. The molecule has 0 rings (SSSR count). The van der Waals surface area contributed by atoms with Crippen LogP contribution < -0.4 is 0 Å². The summed E-state index contributed by atoms with van der Waals surface area (Å²) in [4.78, 5) is 0. The Morgan fingerprint density at radius 3 is 1.17 bits per heavy atom. The van der Waals surface area contributed by atoms with Crippen molar-refractivity contribution in [2.45, 2.75) is 59.2 Å². The third-order valence-electron chi connectivity index (χ3n) is 3.58. The van der Waals surface area contributed by atoms with E-state index < -0.39 is 0 Å². The van der Waals surface area contributed by atoms with Gasteiger partial charge in [0.2, 0.25) is 0 Å². The molecule has 0 saturated carbocycles. The second-order valence-electron chi connectivity index (χ2n) is 4.01. The van der Waals surface area contributed by atoms with Crippen molar-refractivity contribution in [3.05, 3.63) is 0 Å². The molecule has 0 fully saturated rings. The quantitative estimate of drug-likeness (QED) is 0.534. The predicted octanol–water partition coefficient (Wildman–Crippen LogP) is 3.28. The summed E-state index contributed by atoms with van der Waals surface area (Å²) in [5.41, 5.74) is 0. The number of rotatable bonds is 6. The maximum Gasteiger partial charge on any atom is 0.106 e. The molecule has 0 aromatic carbocycles. The highest BCUT2D eigenvalue weighted by Crippen LogP contribution is 2.33. The van der Waals surface area contributed by atoms with Crippen molar-refractivity contribution in [3.63, 3.8) is 0 Å². The lowest BCUT2D eigenvalue weighted by atomic mass is 9.65. The normalized spacial score (nSPS) is 11.9. The molecule has 0 aliphatic carbocycles. The van der Waals surface area contributed by atoms with Gasteiger partial charge in [-0.3, -0.25) is 0 Å². The van der Waals surface area contributed by atoms with E-state index in [1.807, 2.05) is 0 Å².